The van der Waals surface area contributed by atoms with Crippen LogP contribution in [0.1, 0.15) is 18.5 Å². The number of aryl methyl sites for hydroxylation is 1. The molecule has 1 aliphatic heterocycles. The van der Waals surface area contributed by atoms with Crippen LogP contribution in [0.25, 0.3) is 5.78 Å². The predicted octanol–water partition coefficient (Wildman–Crippen LogP) is 2.12. The first kappa shape index (κ1) is 14.9. The molecule has 0 bridgehead atoms. The Hall–Kier alpha value is -2.70. The van der Waals surface area contributed by atoms with Crippen molar-refractivity contribution >= 4 is 11.6 Å². The van der Waals surface area contributed by atoms with Crippen LogP contribution in [0, 0.1) is 12.8 Å². The van der Waals surface area contributed by atoms with Crippen LogP contribution in [0.2, 0.25) is 0 Å². The number of hydrogen-bond acceptors (Lipinski definition) is 6. The fourth-order valence-electron chi connectivity index (χ4n) is 3.10. The molecule has 24 heavy (non-hydrogen) atoms. The molecule has 0 atom stereocenters. The molecule has 7 nitrogen and oxygen atoms in total. The minimum Gasteiger partial charge on any atom is -0.477 e. The van der Waals surface area contributed by atoms with Gasteiger partial charge in [-0.25, -0.2) is 9.97 Å². The standard InChI is InChI=1S/C17H20N6O/c1-13-10-16(23-17(21-13)19-12-20-23)22-8-5-14(6-9-22)11-24-15-4-2-3-7-18-15/h2-4,7,10,12,14H,5-6,8-9,11H2,1H3. The highest BCUT2D eigenvalue weighted by atomic mass is 16.5. The van der Waals surface area contributed by atoms with Crippen molar-refractivity contribution in [2.45, 2.75) is 19.8 Å². The third-order valence-corrected chi connectivity index (χ3v) is 4.40. The van der Waals surface area contributed by atoms with Gasteiger partial charge in [0.15, 0.2) is 0 Å². The third-order valence-electron chi connectivity index (χ3n) is 4.40. The molecule has 124 valence electrons. The van der Waals surface area contributed by atoms with Crippen LogP contribution in [0.3, 0.4) is 0 Å². The maximum atomic E-state index is 5.80. The molecule has 0 N–H and O–H groups in total. The molecule has 0 aliphatic carbocycles. The molecule has 1 fully saturated rings. The van der Waals surface area contributed by atoms with E-state index in [9.17, 15) is 0 Å². The van der Waals surface area contributed by atoms with Crippen molar-refractivity contribution < 1.29 is 4.74 Å². The summed E-state index contributed by atoms with van der Waals surface area (Å²) in [5.74, 6) is 2.98. The second-order valence-corrected chi connectivity index (χ2v) is 6.14. The van der Waals surface area contributed by atoms with Crippen molar-refractivity contribution in [3.05, 3.63) is 42.5 Å². The summed E-state index contributed by atoms with van der Waals surface area (Å²) in [7, 11) is 0. The van der Waals surface area contributed by atoms with Crippen molar-refractivity contribution in [1.29, 1.82) is 0 Å². The molecule has 4 rings (SSSR count). The summed E-state index contributed by atoms with van der Waals surface area (Å²) in [5, 5.41) is 4.30. The van der Waals surface area contributed by atoms with Crippen LogP contribution in [0.15, 0.2) is 36.8 Å². The fourth-order valence-corrected chi connectivity index (χ4v) is 3.10. The molecule has 0 aromatic carbocycles. The number of aromatic nitrogens is 5. The first-order chi connectivity index (χ1) is 11.8. The maximum Gasteiger partial charge on any atom is 0.254 e. The van der Waals surface area contributed by atoms with Crippen LogP contribution >= 0.6 is 0 Å². The van der Waals surface area contributed by atoms with Gasteiger partial charge in [0.1, 0.15) is 12.1 Å². The quantitative estimate of drug-likeness (QED) is 0.732. The zero-order chi connectivity index (χ0) is 16.4. The number of ether oxygens (including phenoxy) is 1. The minimum atomic E-state index is 0.553. The first-order valence-corrected chi connectivity index (χ1v) is 8.26. The third kappa shape index (κ3) is 3.02. The van der Waals surface area contributed by atoms with E-state index in [1.807, 2.05) is 29.6 Å². The molecule has 0 amide bonds. The highest BCUT2D eigenvalue weighted by Gasteiger charge is 2.22. The van der Waals surface area contributed by atoms with Gasteiger partial charge >= 0.3 is 0 Å². The molecule has 1 saturated heterocycles. The Balaban J connectivity index is 1.39. The summed E-state index contributed by atoms with van der Waals surface area (Å²) in [4.78, 5) is 15.2. The van der Waals surface area contributed by atoms with E-state index in [2.05, 4.69) is 31.0 Å². The van der Waals surface area contributed by atoms with Gasteiger partial charge < -0.3 is 9.64 Å². The van der Waals surface area contributed by atoms with Gasteiger partial charge in [0, 0.05) is 37.1 Å². The van der Waals surface area contributed by atoms with Crippen molar-refractivity contribution in [2.24, 2.45) is 5.92 Å². The molecule has 7 heteroatoms. The van der Waals surface area contributed by atoms with Crippen molar-refractivity contribution in [3.63, 3.8) is 0 Å². The van der Waals surface area contributed by atoms with E-state index in [0.29, 0.717) is 17.6 Å². The lowest BCUT2D eigenvalue weighted by molar-refractivity contribution is 0.216. The van der Waals surface area contributed by atoms with Crippen LogP contribution in [-0.2, 0) is 0 Å². The van der Waals surface area contributed by atoms with E-state index in [1.165, 1.54) is 0 Å². The van der Waals surface area contributed by atoms with Gasteiger partial charge in [-0.1, -0.05) is 6.07 Å². The molecular formula is C17H20N6O. The first-order valence-electron chi connectivity index (χ1n) is 8.26. The van der Waals surface area contributed by atoms with Crippen LogP contribution in [0.5, 0.6) is 5.88 Å². The van der Waals surface area contributed by atoms with E-state index >= 15 is 0 Å². The lowest BCUT2D eigenvalue weighted by Crippen LogP contribution is -2.36. The average Bonchev–Trinajstić information content (AvgIpc) is 3.09. The number of piperidine rings is 1. The van der Waals surface area contributed by atoms with Crippen LogP contribution in [0.4, 0.5) is 5.82 Å². The summed E-state index contributed by atoms with van der Waals surface area (Å²) < 4.78 is 7.61. The summed E-state index contributed by atoms with van der Waals surface area (Å²) in [5.41, 5.74) is 0.964. The van der Waals surface area contributed by atoms with Gasteiger partial charge in [0.05, 0.1) is 6.61 Å². The number of pyridine rings is 1. The summed E-state index contributed by atoms with van der Waals surface area (Å²) in [6.07, 6.45) is 5.49. The van der Waals surface area contributed by atoms with E-state index in [1.54, 1.807) is 12.5 Å². The number of hydrogen-bond donors (Lipinski definition) is 0. The average molecular weight is 324 g/mol. The smallest absolute Gasteiger partial charge is 0.254 e. The highest BCUT2D eigenvalue weighted by molar-refractivity contribution is 5.47. The SMILES string of the molecule is Cc1cc(N2CCC(COc3ccccn3)CC2)n2ncnc2n1. The molecule has 3 aromatic heterocycles. The topological polar surface area (TPSA) is 68.4 Å². The largest absolute Gasteiger partial charge is 0.477 e. The summed E-state index contributed by atoms with van der Waals surface area (Å²) >= 11 is 0. The van der Waals surface area contributed by atoms with Gasteiger partial charge in [0.25, 0.3) is 5.78 Å². The molecule has 0 spiro atoms. The van der Waals surface area contributed by atoms with Gasteiger partial charge in [-0.15, -0.1) is 0 Å². The molecule has 1 aliphatic rings. The zero-order valence-corrected chi connectivity index (χ0v) is 13.7. The van der Waals surface area contributed by atoms with E-state index in [4.69, 9.17) is 4.74 Å². The van der Waals surface area contributed by atoms with E-state index < -0.39 is 0 Å². The second-order valence-electron chi connectivity index (χ2n) is 6.14. The van der Waals surface area contributed by atoms with Gasteiger partial charge in [-0.05, 0) is 31.7 Å². The van der Waals surface area contributed by atoms with Gasteiger partial charge in [-0.3, -0.25) is 0 Å². The number of nitrogens with zero attached hydrogens (tertiary/aromatic N) is 6. The predicted molar refractivity (Wildman–Crippen MR) is 90.2 cm³/mol. The molecular weight excluding hydrogens is 304 g/mol. The molecule has 0 radical (unpaired) electrons. The number of anilines is 1. The monoisotopic (exact) mass is 324 g/mol. The Bertz CT molecular complexity index is 810. The highest BCUT2D eigenvalue weighted by Crippen LogP contribution is 2.24. The van der Waals surface area contributed by atoms with E-state index in [0.717, 1.165) is 44.0 Å². The summed E-state index contributed by atoms with van der Waals surface area (Å²) in [6.45, 7) is 4.67. The molecule has 0 saturated carbocycles. The lowest BCUT2D eigenvalue weighted by atomic mass is 9.98. The minimum absolute atomic E-state index is 0.553. The lowest BCUT2D eigenvalue weighted by Gasteiger charge is -2.33. The summed E-state index contributed by atoms with van der Waals surface area (Å²) in [6, 6.07) is 7.82. The van der Waals surface area contributed by atoms with Crippen LogP contribution in [-0.4, -0.2) is 44.3 Å². The Labute approximate surface area is 140 Å². The Morgan fingerprint density at radius 3 is 2.88 bits per heavy atom. The Morgan fingerprint density at radius 2 is 2.08 bits per heavy atom. The van der Waals surface area contributed by atoms with Crippen LogP contribution < -0.4 is 9.64 Å². The van der Waals surface area contributed by atoms with E-state index in [-0.39, 0.29) is 0 Å². The van der Waals surface area contributed by atoms with Crippen molar-refractivity contribution in [3.8, 4) is 5.88 Å². The Kier molecular flexibility index (Phi) is 3.98. The molecule has 4 heterocycles. The van der Waals surface area contributed by atoms with Crippen molar-refractivity contribution in [1.82, 2.24) is 24.6 Å². The molecule has 0 unspecified atom stereocenters. The fraction of sp³-hybridized carbons (Fsp3) is 0.412. The zero-order valence-electron chi connectivity index (χ0n) is 13.7. The Morgan fingerprint density at radius 1 is 1.21 bits per heavy atom. The number of fused-ring (bicyclic) bond motifs is 1. The second kappa shape index (κ2) is 6.43. The normalized spacial score (nSPS) is 15.8. The van der Waals surface area contributed by atoms with Gasteiger partial charge in [-0.2, -0.15) is 14.6 Å². The number of rotatable bonds is 4. The molecule has 3 aromatic rings. The van der Waals surface area contributed by atoms with Crippen molar-refractivity contribution in [2.75, 3.05) is 24.6 Å². The maximum absolute atomic E-state index is 5.80. The van der Waals surface area contributed by atoms with Gasteiger partial charge in [0.2, 0.25) is 5.88 Å².